The number of benzene rings is 1. The van der Waals surface area contributed by atoms with Gasteiger partial charge < -0.3 is 14.6 Å². The third kappa shape index (κ3) is 4.89. The van der Waals surface area contributed by atoms with Crippen LogP contribution in [0.3, 0.4) is 0 Å². The molecule has 0 amide bonds. The maximum atomic E-state index is 10.9. The Kier molecular flexibility index (Phi) is 6.37. The van der Waals surface area contributed by atoms with Crippen LogP contribution in [-0.2, 0) is 4.74 Å². The van der Waals surface area contributed by atoms with E-state index >= 15 is 0 Å². The minimum absolute atomic E-state index is 0.172. The molecule has 0 bridgehead atoms. The minimum atomic E-state index is -0.990. The molecule has 1 aromatic rings. The van der Waals surface area contributed by atoms with E-state index in [1.165, 1.54) is 6.07 Å². The van der Waals surface area contributed by atoms with Crippen LogP contribution >= 0.6 is 0 Å². The van der Waals surface area contributed by atoms with Crippen molar-refractivity contribution in [2.24, 2.45) is 0 Å². The molecule has 0 aliphatic heterocycles. The summed E-state index contributed by atoms with van der Waals surface area (Å²) in [5.41, 5.74) is 0.172. The lowest BCUT2D eigenvalue weighted by Crippen LogP contribution is -2.07. The Morgan fingerprint density at radius 3 is 2.78 bits per heavy atom. The van der Waals surface area contributed by atoms with E-state index < -0.39 is 5.97 Å². The molecular formula is C14H16O4. The lowest BCUT2D eigenvalue weighted by Gasteiger charge is -2.08. The van der Waals surface area contributed by atoms with Crippen LogP contribution in [0.5, 0.6) is 5.75 Å². The monoisotopic (exact) mass is 248 g/mol. The normalized spacial score (nSPS) is 9.72. The lowest BCUT2D eigenvalue weighted by molar-refractivity contribution is 0.0691. The van der Waals surface area contributed by atoms with Crippen molar-refractivity contribution in [2.75, 3.05) is 19.8 Å². The first-order valence-electron chi connectivity index (χ1n) is 5.72. The van der Waals surface area contributed by atoms with Gasteiger partial charge in [0.05, 0.1) is 13.2 Å². The van der Waals surface area contributed by atoms with Crippen molar-refractivity contribution in [1.82, 2.24) is 0 Å². The molecule has 0 atom stereocenters. The predicted molar refractivity (Wildman–Crippen MR) is 67.8 cm³/mol. The molecule has 1 aromatic carbocycles. The van der Waals surface area contributed by atoms with Crippen LogP contribution in [0.15, 0.2) is 24.3 Å². The number of ether oxygens (including phenoxy) is 2. The molecule has 4 heteroatoms. The SMILES string of the molecule is C#CCCOCCCOc1ccccc1C(=O)O. The van der Waals surface area contributed by atoms with E-state index in [4.69, 9.17) is 21.0 Å². The third-order valence-corrected chi connectivity index (χ3v) is 2.20. The summed E-state index contributed by atoms with van der Waals surface area (Å²) in [6, 6.07) is 6.56. The summed E-state index contributed by atoms with van der Waals surface area (Å²) in [6.07, 6.45) is 6.37. The van der Waals surface area contributed by atoms with Crippen LogP contribution in [0.4, 0.5) is 0 Å². The molecule has 0 radical (unpaired) electrons. The summed E-state index contributed by atoms with van der Waals surface area (Å²) >= 11 is 0. The van der Waals surface area contributed by atoms with Crippen molar-refractivity contribution in [3.63, 3.8) is 0 Å². The van der Waals surface area contributed by atoms with Gasteiger partial charge in [0.2, 0.25) is 0 Å². The zero-order chi connectivity index (χ0) is 13.2. The molecule has 0 unspecified atom stereocenters. The van der Waals surface area contributed by atoms with E-state index in [1.807, 2.05) is 0 Å². The molecule has 1 rings (SSSR count). The Morgan fingerprint density at radius 1 is 1.28 bits per heavy atom. The fourth-order valence-corrected chi connectivity index (χ4v) is 1.35. The van der Waals surface area contributed by atoms with E-state index in [9.17, 15) is 4.79 Å². The van der Waals surface area contributed by atoms with E-state index in [0.29, 0.717) is 38.4 Å². The van der Waals surface area contributed by atoms with Crippen LogP contribution in [0, 0.1) is 12.3 Å². The average molecular weight is 248 g/mol. The molecule has 4 nitrogen and oxygen atoms in total. The standard InChI is InChI=1S/C14H16O4/c1-2-3-9-17-10-6-11-18-13-8-5-4-7-12(13)14(15)16/h1,4-5,7-8H,3,6,9-11H2,(H,15,16). The Hall–Kier alpha value is -1.99. The van der Waals surface area contributed by atoms with Gasteiger partial charge >= 0.3 is 5.97 Å². The van der Waals surface area contributed by atoms with Gasteiger partial charge in [-0.25, -0.2) is 4.79 Å². The zero-order valence-electron chi connectivity index (χ0n) is 10.1. The van der Waals surface area contributed by atoms with Crippen LogP contribution in [-0.4, -0.2) is 30.9 Å². The molecule has 0 saturated carbocycles. The van der Waals surface area contributed by atoms with Gasteiger partial charge in [-0.2, -0.15) is 0 Å². The lowest BCUT2D eigenvalue weighted by atomic mass is 10.2. The van der Waals surface area contributed by atoms with Gasteiger partial charge in [0.1, 0.15) is 11.3 Å². The smallest absolute Gasteiger partial charge is 0.339 e. The Bertz CT molecular complexity index is 420. The molecule has 0 saturated heterocycles. The van der Waals surface area contributed by atoms with Crippen LogP contribution < -0.4 is 4.74 Å². The molecular weight excluding hydrogens is 232 g/mol. The molecule has 0 heterocycles. The first-order valence-corrected chi connectivity index (χ1v) is 5.72. The molecule has 0 spiro atoms. The number of hydrogen-bond acceptors (Lipinski definition) is 3. The highest BCUT2D eigenvalue weighted by Crippen LogP contribution is 2.17. The largest absolute Gasteiger partial charge is 0.493 e. The van der Waals surface area contributed by atoms with Crippen molar-refractivity contribution in [3.8, 4) is 18.1 Å². The van der Waals surface area contributed by atoms with Crippen LogP contribution in [0.25, 0.3) is 0 Å². The second-order valence-corrected chi connectivity index (χ2v) is 3.57. The number of aromatic carboxylic acids is 1. The Morgan fingerprint density at radius 2 is 2.06 bits per heavy atom. The van der Waals surface area contributed by atoms with E-state index in [2.05, 4.69) is 5.92 Å². The number of rotatable bonds is 8. The fourth-order valence-electron chi connectivity index (χ4n) is 1.35. The first kappa shape index (κ1) is 14.1. The number of carbonyl (C=O) groups is 1. The second kappa shape index (κ2) is 8.15. The number of carboxylic acid groups (broad SMARTS) is 1. The van der Waals surface area contributed by atoms with Crippen LogP contribution in [0.1, 0.15) is 23.2 Å². The van der Waals surface area contributed by atoms with Gasteiger partial charge in [-0.1, -0.05) is 12.1 Å². The maximum Gasteiger partial charge on any atom is 0.339 e. The van der Waals surface area contributed by atoms with Gasteiger partial charge in [-0.3, -0.25) is 0 Å². The number of hydrogen-bond donors (Lipinski definition) is 1. The topological polar surface area (TPSA) is 55.8 Å². The quantitative estimate of drug-likeness (QED) is 0.566. The van der Waals surface area contributed by atoms with Crippen molar-refractivity contribution >= 4 is 5.97 Å². The van der Waals surface area contributed by atoms with Gasteiger partial charge in [0.25, 0.3) is 0 Å². The minimum Gasteiger partial charge on any atom is -0.493 e. The zero-order valence-corrected chi connectivity index (χ0v) is 10.1. The molecule has 18 heavy (non-hydrogen) atoms. The third-order valence-electron chi connectivity index (χ3n) is 2.20. The van der Waals surface area contributed by atoms with Gasteiger partial charge in [-0.05, 0) is 12.1 Å². The molecule has 96 valence electrons. The number of terminal acetylenes is 1. The van der Waals surface area contributed by atoms with Crippen molar-refractivity contribution in [3.05, 3.63) is 29.8 Å². The van der Waals surface area contributed by atoms with Crippen molar-refractivity contribution in [2.45, 2.75) is 12.8 Å². The predicted octanol–water partition coefficient (Wildman–Crippen LogP) is 2.19. The Labute approximate surface area is 107 Å². The molecule has 0 aromatic heterocycles. The van der Waals surface area contributed by atoms with Crippen LogP contribution in [0.2, 0.25) is 0 Å². The maximum absolute atomic E-state index is 10.9. The number of carboxylic acids is 1. The summed E-state index contributed by atoms with van der Waals surface area (Å²) in [4.78, 5) is 10.9. The summed E-state index contributed by atoms with van der Waals surface area (Å²) in [7, 11) is 0. The van der Waals surface area contributed by atoms with E-state index in [-0.39, 0.29) is 5.56 Å². The fraction of sp³-hybridized carbons (Fsp3) is 0.357. The number of para-hydroxylation sites is 1. The molecule has 0 aliphatic rings. The van der Waals surface area contributed by atoms with E-state index in [0.717, 1.165) is 0 Å². The first-order chi connectivity index (χ1) is 8.75. The highest BCUT2D eigenvalue weighted by molar-refractivity contribution is 5.90. The van der Waals surface area contributed by atoms with Gasteiger partial charge in [-0.15, -0.1) is 12.3 Å². The van der Waals surface area contributed by atoms with Gasteiger partial charge in [0.15, 0.2) is 0 Å². The molecule has 0 aliphatic carbocycles. The molecule has 0 fully saturated rings. The Balaban J connectivity index is 2.27. The summed E-state index contributed by atoms with van der Waals surface area (Å²) in [5, 5.41) is 8.94. The highest BCUT2D eigenvalue weighted by atomic mass is 16.5. The summed E-state index contributed by atoms with van der Waals surface area (Å²) < 4.78 is 10.7. The summed E-state index contributed by atoms with van der Waals surface area (Å²) in [6.45, 7) is 1.51. The van der Waals surface area contributed by atoms with E-state index in [1.54, 1.807) is 18.2 Å². The van der Waals surface area contributed by atoms with Crippen molar-refractivity contribution < 1.29 is 19.4 Å². The van der Waals surface area contributed by atoms with Gasteiger partial charge in [0, 0.05) is 19.4 Å². The average Bonchev–Trinajstić information content (AvgIpc) is 2.38. The summed E-state index contributed by atoms with van der Waals surface area (Å²) in [5.74, 6) is 1.88. The van der Waals surface area contributed by atoms with Crippen molar-refractivity contribution in [1.29, 1.82) is 0 Å². The molecule has 1 N–H and O–H groups in total. The second-order valence-electron chi connectivity index (χ2n) is 3.57. The highest BCUT2D eigenvalue weighted by Gasteiger charge is 2.09.